The van der Waals surface area contributed by atoms with Crippen molar-refractivity contribution in [2.24, 2.45) is 0 Å². The van der Waals surface area contributed by atoms with Gasteiger partial charge < -0.3 is 14.2 Å². The number of nitrogens with zero attached hydrogens (tertiary/aromatic N) is 3. The van der Waals surface area contributed by atoms with E-state index in [-0.39, 0.29) is 24.2 Å². The zero-order valence-corrected chi connectivity index (χ0v) is 17.1. The summed E-state index contributed by atoms with van der Waals surface area (Å²) >= 11 is 0. The van der Waals surface area contributed by atoms with E-state index >= 15 is 0 Å². The van der Waals surface area contributed by atoms with Crippen LogP contribution >= 0.6 is 0 Å². The van der Waals surface area contributed by atoms with Crippen molar-refractivity contribution >= 4 is 5.91 Å². The number of benzene rings is 3. The smallest absolute Gasteiger partial charge is 0.262 e. The maximum absolute atomic E-state index is 13.3. The third-order valence-corrected chi connectivity index (χ3v) is 5.31. The van der Waals surface area contributed by atoms with E-state index in [0.29, 0.717) is 41.7 Å². The quantitative estimate of drug-likeness (QED) is 0.455. The van der Waals surface area contributed by atoms with Crippen molar-refractivity contribution in [1.82, 2.24) is 15.0 Å². The van der Waals surface area contributed by atoms with Crippen molar-refractivity contribution in [3.63, 3.8) is 0 Å². The summed E-state index contributed by atoms with van der Waals surface area (Å²) in [7, 11) is 0. The highest BCUT2D eigenvalue weighted by atomic mass is 19.1. The third-order valence-electron chi connectivity index (χ3n) is 5.31. The highest BCUT2D eigenvalue weighted by molar-refractivity contribution is 5.79. The van der Waals surface area contributed by atoms with Crippen molar-refractivity contribution in [1.29, 1.82) is 0 Å². The van der Waals surface area contributed by atoms with Gasteiger partial charge in [-0.05, 0) is 29.8 Å². The Morgan fingerprint density at radius 1 is 1.03 bits per heavy atom. The van der Waals surface area contributed by atoms with Crippen LogP contribution < -0.4 is 4.74 Å². The minimum Gasteiger partial charge on any atom is -0.486 e. The lowest BCUT2D eigenvalue weighted by molar-refractivity contribution is -0.139. The van der Waals surface area contributed by atoms with E-state index in [9.17, 15) is 9.18 Å². The lowest BCUT2D eigenvalue weighted by Gasteiger charge is -2.39. The predicted octanol–water partition coefficient (Wildman–Crippen LogP) is 4.38. The molecule has 0 spiro atoms. The second-order valence-corrected chi connectivity index (χ2v) is 7.63. The van der Waals surface area contributed by atoms with Gasteiger partial charge in [0.1, 0.15) is 17.7 Å². The second-order valence-electron chi connectivity index (χ2n) is 7.63. The first-order chi connectivity index (χ1) is 15.7. The highest BCUT2D eigenvalue weighted by Gasteiger charge is 2.33. The molecule has 32 heavy (non-hydrogen) atoms. The van der Waals surface area contributed by atoms with E-state index in [1.165, 1.54) is 12.1 Å². The minimum atomic E-state index is -0.340. The van der Waals surface area contributed by atoms with Crippen LogP contribution in [0.25, 0.3) is 22.8 Å². The zero-order chi connectivity index (χ0) is 21.9. The van der Waals surface area contributed by atoms with Crippen molar-refractivity contribution < 1.29 is 18.4 Å². The number of ether oxygens (including phenoxy) is 1. The summed E-state index contributed by atoms with van der Waals surface area (Å²) in [4.78, 5) is 18.7. The number of carbonyl (C=O) groups excluding carboxylic acids is 1. The van der Waals surface area contributed by atoms with Gasteiger partial charge in [0, 0.05) is 5.56 Å². The molecule has 4 aromatic rings. The first-order valence-electron chi connectivity index (χ1n) is 10.3. The Labute approximate surface area is 184 Å². The van der Waals surface area contributed by atoms with Crippen molar-refractivity contribution in [2.45, 2.75) is 12.5 Å². The van der Waals surface area contributed by atoms with Crippen LogP contribution in [0, 0.1) is 5.82 Å². The molecule has 7 heteroatoms. The molecule has 0 radical (unpaired) electrons. The minimum absolute atomic E-state index is 0.0480. The van der Waals surface area contributed by atoms with Gasteiger partial charge in [-0.2, -0.15) is 4.98 Å². The molecule has 3 aromatic carbocycles. The van der Waals surface area contributed by atoms with Crippen LogP contribution in [0.15, 0.2) is 83.4 Å². The van der Waals surface area contributed by atoms with Crippen LogP contribution in [-0.2, 0) is 11.2 Å². The molecule has 1 aliphatic heterocycles. The maximum atomic E-state index is 13.3. The summed E-state index contributed by atoms with van der Waals surface area (Å²) in [5, 5.41) is 4.08. The van der Waals surface area contributed by atoms with E-state index in [1.54, 1.807) is 17.0 Å². The Balaban J connectivity index is 1.23. The summed E-state index contributed by atoms with van der Waals surface area (Å²) in [6.07, 6.45) is 0.0369. The van der Waals surface area contributed by atoms with E-state index in [1.807, 2.05) is 54.6 Å². The van der Waals surface area contributed by atoms with Crippen LogP contribution in [0.3, 0.4) is 0 Å². The van der Waals surface area contributed by atoms with E-state index in [0.717, 1.165) is 5.56 Å². The Hall–Kier alpha value is -4.00. The fourth-order valence-electron chi connectivity index (χ4n) is 3.61. The molecular weight excluding hydrogens is 409 g/mol. The van der Waals surface area contributed by atoms with Gasteiger partial charge in [-0.3, -0.25) is 4.79 Å². The normalized spacial score (nSPS) is 13.6. The molecule has 160 valence electrons. The third kappa shape index (κ3) is 4.23. The molecule has 1 aromatic heterocycles. The molecule has 0 aliphatic carbocycles. The van der Waals surface area contributed by atoms with Crippen LogP contribution in [-0.4, -0.2) is 40.1 Å². The average Bonchev–Trinajstić information content (AvgIpc) is 3.27. The molecule has 0 atom stereocenters. The summed E-state index contributed by atoms with van der Waals surface area (Å²) in [6.45, 7) is 0.948. The number of hydrogen-bond donors (Lipinski definition) is 0. The molecule has 6 nitrogen and oxygen atoms in total. The largest absolute Gasteiger partial charge is 0.486 e. The van der Waals surface area contributed by atoms with Crippen molar-refractivity contribution in [3.8, 4) is 28.6 Å². The van der Waals surface area contributed by atoms with Gasteiger partial charge in [0.05, 0.1) is 25.1 Å². The molecule has 0 N–H and O–H groups in total. The van der Waals surface area contributed by atoms with Crippen molar-refractivity contribution in [3.05, 3.63) is 90.2 Å². The first-order valence-corrected chi connectivity index (χ1v) is 10.3. The van der Waals surface area contributed by atoms with E-state index < -0.39 is 0 Å². The van der Waals surface area contributed by atoms with Crippen LogP contribution in [0.4, 0.5) is 4.39 Å². The van der Waals surface area contributed by atoms with Gasteiger partial charge >= 0.3 is 0 Å². The molecular formula is C25H20FN3O3. The Bertz CT molecular complexity index is 1240. The number of likely N-dealkylation sites (tertiary alicyclic amines) is 1. The Kier molecular flexibility index (Phi) is 5.37. The second kappa shape index (κ2) is 8.63. The summed E-state index contributed by atoms with van der Waals surface area (Å²) < 4.78 is 24.9. The lowest BCUT2D eigenvalue weighted by atomic mass is 10.1. The van der Waals surface area contributed by atoms with Gasteiger partial charge in [-0.1, -0.05) is 59.8 Å². The Morgan fingerprint density at radius 3 is 2.62 bits per heavy atom. The molecule has 0 unspecified atom stereocenters. The summed E-state index contributed by atoms with van der Waals surface area (Å²) in [6, 6.07) is 23.2. The van der Waals surface area contributed by atoms with Gasteiger partial charge in [0.2, 0.25) is 11.7 Å². The molecule has 1 fully saturated rings. The van der Waals surface area contributed by atoms with E-state index in [2.05, 4.69) is 10.1 Å². The SMILES string of the molecule is O=C(Cc1cccc(F)c1)N1CC(Oc2ccccc2-c2nc(-c3ccccc3)no2)C1. The molecule has 0 saturated carbocycles. The number of rotatable bonds is 6. The number of carbonyl (C=O) groups is 1. The number of hydrogen-bond acceptors (Lipinski definition) is 5. The Morgan fingerprint density at radius 2 is 1.81 bits per heavy atom. The fourth-order valence-corrected chi connectivity index (χ4v) is 3.61. The number of halogens is 1. The highest BCUT2D eigenvalue weighted by Crippen LogP contribution is 2.32. The van der Waals surface area contributed by atoms with Crippen LogP contribution in [0.1, 0.15) is 5.56 Å². The molecule has 5 rings (SSSR count). The molecule has 1 amide bonds. The number of para-hydroxylation sites is 1. The fraction of sp³-hybridized carbons (Fsp3) is 0.160. The maximum Gasteiger partial charge on any atom is 0.262 e. The number of amides is 1. The molecule has 1 aliphatic rings. The molecule has 0 bridgehead atoms. The van der Waals surface area contributed by atoms with E-state index in [4.69, 9.17) is 9.26 Å². The van der Waals surface area contributed by atoms with Crippen LogP contribution in [0.2, 0.25) is 0 Å². The van der Waals surface area contributed by atoms with Gasteiger partial charge in [-0.15, -0.1) is 0 Å². The average molecular weight is 429 g/mol. The summed E-state index contributed by atoms with van der Waals surface area (Å²) in [5.74, 6) is 1.12. The first kappa shape index (κ1) is 19.9. The monoisotopic (exact) mass is 429 g/mol. The van der Waals surface area contributed by atoms with Gasteiger partial charge in [0.15, 0.2) is 0 Å². The predicted molar refractivity (Wildman–Crippen MR) is 116 cm³/mol. The summed E-state index contributed by atoms with van der Waals surface area (Å²) in [5.41, 5.74) is 2.23. The lowest BCUT2D eigenvalue weighted by Crippen LogP contribution is -2.56. The van der Waals surface area contributed by atoms with Gasteiger partial charge in [-0.25, -0.2) is 4.39 Å². The zero-order valence-electron chi connectivity index (χ0n) is 17.1. The number of aromatic nitrogens is 2. The standard InChI is InChI=1S/C25H20FN3O3/c26-19-10-6-7-17(13-19)14-23(30)29-15-20(16-29)31-22-12-5-4-11-21(22)25-27-24(28-32-25)18-8-2-1-3-9-18/h1-13,20H,14-16H2. The topological polar surface area (TPSA) is 68.5 Å². The molecule has 2 heterocycles. The molecule has 1 saturated heterocycles. The van der Waals surface area contributed by atoms with Gasteiger partial charge in [0.25, 0.3) is 5.89 Å². The van der Waals surface area contributed by atoms with Crippen LogP contribution in [0.5, 0.6) is 5.75 Å². The van der Waals surface area contributed by atoms with Crippen molar-refractivity contribution in [2.75, 3.05) is 13.1 Å².